The Morgan fingerprint density at radius 1 is 1.38 bits per heavy atom. The third-order valence-corrected chi connectivity index (χ3v) is 2.35. The van der Waals surface area contributed by atoms with Gasteiger partial charge >= 0.3 is 6.03 Å². The number of benzene rings is 1. The summed E-state index contributed by atoms with van der Waals surface area (Å²) in [7, 11) is 0. The summed E-state index contributed by atoms with van der Waals surface area (Å²) in [6.07, 6.45) is 1.01. The highest BCUT2D eigenvalue weighted by molar-refractivity contribution is 5.72. The van der Waals surface area contributed by atoms with Crippen molar-refractivity contribution in [3.63, 3.8) is 0 Å². The average molecular weight is 176 g/mol. The van der Waals surface area contributed by atoms with Crippen LogP contribution in [0, 0.1) is 0 Å². The maximum atomic E-state index is 10.5. The van der Waals surface area contributed by atoms with Crippen LogP contribution in [0.3, 0.4) is 0 Å². The van der Waals surface area contributed by atoms with Crippen molar-refractivity contribution in [2.24, 2.45) is 5.73 Å². The molecule has 0 bridgehead atoms. The van der Waals surface area contributed by atoms with Crippen molar-refractivity contribution in [2.45, 2.75) is 18.4 Å². The van der Waals surface area contributed by atoms with Crippen molar-refractivity contribution < 1.29 is 4.79 Å². The molecule has 3 nitrogen and oxygen atoms in total. The van der Waals surface area contributed by atoms with E-state index in [9.17, 15) is 4.79 Å². The Morgan fingerprint density at radius 2 is 2.08 bits per heavy atom. The second kappa shape index (κ2) is 3.09. The van der Waals surface area contributed by atoms with Crippen molar-refractivity contribution in [1.29, 1.82) is 0 Å². The van der Waals surface area contributed by atoms with Gasteiger partial charge in [0.05, 0.1) is 0 Å². The van der Waals surface area contributed by atoms with Gasteiger partial charge in [-0.2, -0.15) is 0 Å². The van der Waals surface area contributed by atoms with Crippen LogP contribution in [0.2, 0.25) is 0 Å². The number of hydrogen-bond acceptors (Lipinski definition) is 1. The van der Waals surface area contributed by atoms with E-state index in [1.54, 1.807) is 0 Å². The molecule has 1 saturated carbocycles. The lowest BCUT2D eigenvalue weighted by Gasteiger charge is -2.00. The minimum atomic E-state index is -0.427. The van der Waals surface area contributed by atoms with Crippen LogP contribution in [0.1, 0.15) is 17.9 Å². The lowest BCUT2D eigenvalue weighted by Crippen LogP contribution is -2.31. The number of rotatable bonds is 2. The number of nitrogens with one attached hydrogen (secondary N) is 1. The molecular weight excluding hydrogens is 164 g/mol. The Labute approximate surface area is 76.9 Å². The Hall–Kier alpha value is -1.51. The summed E-state index contributed by atoms with van der Waals surface area (Å²) in [4.78, 5) is 10.5. The molecule has 2 rings (SSSR count). The molecule has 0 aromatic heterocycles. The minimum absolute atomic E-state index is 0.250. The molecule has 2 amide bonds. The Kier molecular flexibility index (Phi) is 1.93. The van der Waals surface area contributed by atoms with Gasteiger partial charge in [0.15, 0.2) is 0 Å². The molecule has 0 aliphatic heterocycles. The molecule has 13 heavy (non-hydrogen) atoms. The molecule has 2 atom stereocenters. The summed E-state index contributed by atoms with van der Waals surface area (Å²) in [5.41, 5.74) is 6.30. The Balaban J connectivity index is 1.97. The van der Waals surface area contributed by atoms with Gasteiger partial charge < -0.3 is 11.1 Å². The van der Waals surface area contributed by atoms with E-state index in [1.165, 1.54) is 5.56 Å². The van der Waals surface area contributed by atoms with Crippen molar-refractivity contribution in [3.05, 3.63) is 35.9 Å². The zero-order valence-corrected chi connectivity index (χ0v) is 7.23. The predicted octanol–water partition coefficient (Wildman–Crippen LogP) is 1.21. The highest BCUT2D eigenvalue weighted by Gasteiger charge is 2.38. The van der Waals surface area contributed by atoms with E-state index >= 15 is 0 Å². The second-order valence-corrected chi connectivity index (χ2v) is 3.37. The first-order chi connectivity index (χ1) is 6.27. The Bertz CT molecular complexity index is 310. The number of primary amides is 1. The molecule has 0 radical (unpaired) electrons. The van der Waals surface area contributed by atoms with Crippen molar-refractivity contribution in [3.8, 4) is 0 Å². The van der Waals surface area contributed by atoms with Crippen LogP contribution in [0.15, 0.2) is 30.3 Å². The van der Waals surface area contributed by atoms with Gasteiger partial charge in [0.25, 0.3) is 0 Å². The fourth-order valence-electron chi connectivity index (χ4n) is 1.61. The first kappa shape index (κ1) is 8.10. The number of hydrogen-bond donors (Lipinski definition) is 2. The Morgan fingerprint density at radius 3 is 2.69 bits per heavy atom. The molecule has 1 aliphatic rings. The van der Waals surface area contributed by atoms with Gasteiger partial charge in [-0.05, 0) is 12.0 Å². The van der Waals surface area contributed by atoms with E-state index in [1.807, 2.05) is 18.2 Å². The standard InChI is InChI=1S/C10H12N2O/c11-10(13)12-9-6-8(9)7-4-2-1-3-5-7/h1-5,8-9H,6H2,(H3,11,12,13)/t8-,9?/m0/s1. The van der Waals surface area contributed by atoms with Gasteiger partial charge in [-0.15, -0.1) is 0 Å². The van der Waals surface area contributed by atoms with E-state index in [-0.39, 0.29) is 6.04 Å². The van der Waals surface area contributed by atoms with Crippen LogP contribution >= 0.6 is 0 Å². The molecule has 1 aromatic rings. The maximum absolute atomic E-state index is 10.5. The number of urea groups is 1. The smallest absolute Gasteiger partial charge is 0.312 e. The van der Waals surface area contributed by atoms with E-state index in [2.05, 4.69) is 17.4 Å². The van der Waals surface area contributed by atoms with Crippen LogP contribution in [0.5, 0.6) is 0 Å². The molecule has 1 aromatic carbocycles. The average Bonchev–Trinajstić information content (AvgIpc) is 2.84. The summed E-state index contributed by atoms with van der Waals surface area (Å²) in [6, 6.07) is 9.98. The number of nitrogens with two attached hydrogens (primary N) is 1. The number of carbonyl (C=O) groups excluding carboxylic acids is 1. The van der Waals surface area contributed by atoms with Crippen LogP contribution in [0.25, 0.3) is 0 Å². The van der Waals surface area contributed by atoms with Gasteiger partial charge in [-0.25, -0.2) is 4.79 Å². The van der Waals surface area contributed by atoms with Crippen LogP contribution in [0.4, 0.5) is 4.79 Å². The molecule has 0 saturated heterocycles. The summed E-state index contributed by atoms with van der Waals surface area (Å²) < 4.78 is 0. The normalized spacial score (nSPS) is 25.2. The van der Waals surface area contributed by atoms with Crippen molar-refractivity contribution >= 4 is 6.03 Å². The SMILES string of the molecule is NC(=O)NC1C[C@H]1c1ccccc1. The second-order valence-electron chi connectivity index (χ2n) is 3.37. The van der Waals surface area contributed by atoms with Gasteiger partial charge in [-0.3, -0.25) is 0 Å². The lowest BCUT2D eigenvalue weighted by atomic mass is 10.1. The molecule has 0 heterocycles. The third-order valence-electron chi connectivity index (χ3n) is 2.35. The molecule has 1 unspecified atom stereocenters. The molecule has 68 valence electrons. The fourth-order valence-corrected chi connectivity index (χ4v) is 1.61. The third kappa shape index (κ3) is 1.80. The molecule has 1 aliphatic carbocycles. The van der Waals surface area contributed by atoms with E-state index < -0.39 is 6.03 Å². The van der Waals surface area contributed by atoms with E-state index in [0.29, 0.717) is 5.92 Å². The molecule has 3 N–H and O–H groups in total. The summed E-state index contributed by atoms with van der Waals surface area (Å²) in [5, 5.41) is 2.70. The number of carbonyl (C=O) groups is 1. The molecule has 0 spiro atoms. The quantitative estimate of drug-likeness (QED) is 0.699. The largest absolute Gasteiger partial charge is 0.352 e. The topological polar surface area (TPSA) is 55.1 Å². The van der Waals surface area contributed by atoms with Crippen molar-refractivity contribution in [2.75, 3.05) is 0 Å². The zero-order valence-electron chi connectivity index (χ0n) is 7.23. The lowest BCUT2D eigenvalue weighted by molar-refractivity contribution is 0.248. The first-order valence-electron chi connectivity index (χ1n) is 4.38. The van der Waals surface area contributed by atoms with Gasteiger partial charge in [0.2, 0.25) is 0 Å². The van der Waals surface area contributed by atoms with E-state index in [0.717, 1.165) is 6.42 Å². The van der Waals surface area contributed by atoms with Gasteiger partial charge in [0.1, 0.15) is 0 Å². The first-order valence-corrected chi connectivity index (χ1v) is 4.38. The minimum Gasteiger partial charge on any atom is -0.352 e. The van der Waals surface area contributed by atoms with E-state index in [4.69, 9.17) is 5.73 Å². The summed E-state index contributed by atoms with van der Waals surface area (Å²) >= 11 is 0. The highest BCUT2D eigenvalue weighted by Crippen LogP contribution is 2.40. The van der Waals surface area contributed by atoms with Crippen LogP contribution < -0.4 is 11.1 Å². The molecule has 1 fully saturated rings. The number of amides is 2. The summed E-state index contributed by atoms with van der Waals surface area (Å²) in [6.45, 7) is 0. The highest BCUT2D eigenvalue weighted by atomic mass is 16.2. The summed E-state index contributed by atoms with van der Waals surface area (Å²) in [5.74, 6) is 0.466. The van der Waals surface area contributed by atoms with Gasteiger partial charge in [-0.1, -0.05) is 30.3 Å². The predicted molar refractivity (Wildman–Crippen MR) is 50.3 cm³/mol. The van der Waals surface area contributed by atoms with Crippen molar-refractivity contribution in [1.82, 2.24) is 5.32 Å². The fraction of sp³-hybridized carbons (Fsp3) is 0.300. The monoisotopic (exact) mass is 176 g/mol. The maximum Gasteiger partial charge on any atom is 0.312 e. The molecular formula is C10H12N2O. The van der Waals surface area contributed by atoms with Crippen LogP contribution in [-0.2, 0) is 0 Å². The van der Waals surface area contributed by atoms with Gasteiger partial charge in [0, 0.05) is 12.0 Å². The zero-order chi connectivity index (χ0) is 9.26. The van der Waals surface area contributed by atoms with Crippen LogP contribution in [-0.4, -0.2) is 12.1 Å². The molecule has 3 heteroatoms.